The van der Waals surface area contributed by atoms with Crippen molar-refractivity contribution >= 4 is 70.3 Å². The topological polar surface area (TPSA) is 190 Å². The van der Waals surface area contributed by atoms with E-state index in [0.29, 0.717) is 0 Å². The molecule has 43 heavy (non-hydrogen) atoms. The normalized spacial score (nSPS) is 14.0. The highest BCUT2D eigenvalue weighted by Gasteiger charge is 2.43. The fourth-order valence-corrected chi connectivity index (χ4v) is 17.9. The molecule has 8 N–H and O–H groups in total. The molecule has 0 saturated heterocycles. The minimum atomic E-state index is -3.33. The molecule has 0 aliphatic heterocycles. The third-order valence-electron chi connectivity index (χ3n) is 4.06. The van der Waals surface area contributed by atoms with Crippen LogP contribution >= 0.6 is 0 Å². The summed E-state index contributed by atoms with van der Waals surface area (Å²) in [5.74, 6) is 0. The van der Waals surface area contributed by atoms with Crippen molar-refractivity contribution in [2.45, 2.75) is 72.0 Å². The van der Waals surface area contributed by atoms with Crippen LogP contribution in [-0.4, -0.2) is 98.3 Å². The van der Waals surface area contributed by atoms with Gasteiger partial charge in [0.25, 0.3) is 0 Å². The Balaban J connectivity index is 0. The Hall–Kier alpha value is -0.742. The van der Waals surface area contributed by atoms with E-state index < -0.39 is 59.9 Å². The molecule has 1 unspecified atom stereocenters. The molecule has 0 aliphatic rings. The summed E-state index contributed by atoms with van der Waals surface area (Å²) in [5, 5.41) is 1.49. The first-order chi connectivity index (χ1) is 18.9. The second-order valence-electron chi connectivity index (χ2n) is 12.2. The van der Waals surface area contributed by atoms with E-state index in [4.69, 9.17) is 31.5 Å². The van der Waals surface area contributed by atoms with Crippen molar-refractivity contribution in [2.75, 3.05) is 0 Å². The van der Waals surface area contributed by atoms with E-state index >= 15 is 0 Å². The molecule has 0 radical (unpaired) electrons. The lowest BCUT2D eigenvalue weighted by Crippen LogP contribution is -2.65. The van der Waals surface area contributed by atoms with Crippen molar-refractivity contribution in [1.82, 2.24) is 0 Å². The smallest absolute Gasteiger partial charge is 0.395 e. The first-order valence-electron chi connectivity index (χ1n) is 13.5. The molecule has 2 aromatic carbocycles. The summed E-state index contributed by atoms with van der Waals surface area (Å²) in [6.07, 6.45) is 0. The molecule has 2 rings (SSSR count). The molecule has 2 aromatic rings. The van der Waals surface area contributed by atoms with Gasteiger partial charge in [-0.05, 0) is 82.4 Å². The maximum atomic E-state index is 11.1. The summed E-state index contributed by atoms with van der Waals surface area (Å²) < 4.78 is 15.8. The average molecular weight is 727 g/mol. The first kappa shape index (κ1) is 44.4. The lowest BCUT2D eigenvalue weighted by Gasteiger charge is -2.31. The second kappa shape index (κ2) is 17.8. The van der Waals surface area contributed by atoms with E-state index in [2.05, 4.69) is 6.58 Å². The number of benzene rings is 2. The lowest BCUT2D eigenvalue weighted by atomic mass is 10.4. The summed E-state index contributed by atoms with van der Waals surface area (Å²) >= 11 is 0. The first-order valence-corrected chi connectivity index (χ1v) is 32.1. The Morgan fingerprint density at radius 1 is 0.465 bits per heavy atom. The van der Waals surface area contributed by atoms with Crippen molar-refractivity contribution in [1.29, 1.82) is 0 Å². The zero-order valence-corrected chi connectivity index (χ0v) is 34.4. The van der Waals surface area contributed by atoms with Crippen LogP contribution in [0.5, 0.6) is 0 Å². The van der Waals surface area contributed by atoms with Gasteiger partial charge in [0.1, 0.15) is 0 Å². The Bertz CT molecular complexity index is 987. The molecular weight excluding hydrogens is 673 g/mol. The minimum Gasteiger partial charge on any atom is -0.415 e. The predicted molar refractivity (Wildman–Crippen MR) is 188 cm³/mol. The summed E-state index contributed by atoms with van der Waals surface area (Å²) in [7, 11) is -19.1. The van der Waals surface area contributed by atoms with Gasteiger partial charge in [-0.2, -0.15) is 0 Å². The fourth-order valence-electron chi connectivity index (χ4n) is 3.13. The highest BCUT2D eigenvalue weighted by Crippen LogP contribution is 2.11. The van der Waals surface area contributed by atoms with Crippen molar-refractivity contribution in [3.8, 4) is 0 Å². The third kappa shape index (κ3) is 27.3. The molecule has 18 heteroatoms. The van der Waals surface area contributed by atoms with Crippen LogP contribution in [0.15, 0.2) is 72.9 Å². The van der Waals surface area contributed by atoms with Gasteiger partial charge < -0.3 is 50.7 Å². The van der Waals surface area contributed by atoms with Crippen molar-refractivity contribution in [3.05, 3.63) is 72.9 Å². The van der Waals surface area contributed by atoms with Crippen molar-refractivity contribution in [3.63, 3.8) is 0 Å². The van der Waals surface area contributed by atoms with Gasteiger partial charge >= 0.3 is 59.9 Å². The van der Waals surface area contributed by atoms with E-state index in [1.807, 2.05) is 60.7 Å². The highest BCUT2D eigenvalue weighted by molar-refractivity contribution is 6.96. The molecule has 0 aliphatic carbocycles. The highest BCUT2D eigenvalue weighted by atomic mass is 28.5. The van der Waals surface area contributed by atoms with E-state index in [0.717, 1.165) is 10.4 Å². The summed E-state index contributed by atoms with van der Waals surface area (Å²) in [5.41, 5.74) is 1.39. The van der Waals surface area contributed by atoms with Crippen LogP contribution in [-0.2, 0) is 12.3 Å². The summed E-state index contributed by atoms with van der Waals surface area (Å²) in [6.45, 7) is 21.0. The van der Waals surface area contributed by atoms with Crippen molar-refractivity contribution in [2.24, 2.45) is 0 Å². The van der Waals surface area contributed by atoms with Gasteiger partial charge in [0.05, 0.1) is 0 Å². The average Bonchev–Trinajstić information content (AvgIpc) is 2.75. The van der Waals surface area contributed by atoms with Crippen LogP contribution in [0, 0.1) is 0 Å². The van der Waals surface area contributed by atoms with Crippen LogP contribution in [0.4, 0.5) is 0 Å². The Kier molecular flexibility index (Phi) is 18.4. The Morgan fingerprint density at radius 2 is 0.721 bits per heavy atom. The quantitative estimate of drug-likeness (QED) is 0.175. The molecule has 0 fully saturated rings. The van der Waals surface area contributed by atoms with Crippen LogP contribution in [0.25, 0.3) is 0 Å². The zero-order valence-electron chi connectivity index (χ0n) is 27.4. The van der Waals surface area contributed by atoms with Crippen LogP contribution in [0.1, 0.15) is 0 Å². The number of hydrogen-bond donors (Lipinski definition) is 8. The SMILES string of the molecule is C=C[Si](C)(O)O[Si](C)(C)O.C[Si](C)(O)O.C[Si](C)(O)O[Si](C)(C)O.C[Si](C)(O)O[Si](O)(c1ccccc1)c1ccccc1. The van der Waals surface area contributed by atoms with Gasteiger partial charge in [-0.15, -0.1) is 6.58 Å². The molecule has 0 amide bonds. The van der Waals surface area contributed by atoms with E-state index in [1.165, 1.54) is 18.8 Å². The zero-order chi connectivity index (χ0) is 34.6. The maximum absolute atomic E-state index is 11.1. The second-order valence-corrected chi connectivity index (χ2v) is 34.2. The molecule has 248 valence electrons. The predicted octanol–water partition coefficient (Wildman–Crippen LogP) is 1.50. The van der Waals surface area contributed by atoms with Gasteiger partial charge in [0, 0.05) is 0 Å². The molecular formula is C25H54O11Si7. The van der Waals surface area contributed by atoms with Crippen molar-refractivity contribution < 1.29 is 50.7 Å². The molecule has 0 saturated carbocycles. The largest absolute Gasteiger partial charge is 0.415 e. The van der Waals surface area contributed by atoms with Crippen LogP contribution in [0.2, 0.25) is 72.0 Å². The molecule has 1 atom stereocenters. The summed E-state index contributed by atoms with van der Waals surface area (Å²) in [6, 6.07) is 18.6. The lowest BCUT2D eigenvalue weighted by molar-refractivity contribution is 0.321. The molecule has 0 bridgehead atoms. The Labute approximate surface area is 265 Å². The van der Waals surface area contributed by atoms with Gasteiger partial charge in [-0.1, -0.05) is 66.4 Å². The van der Waals surface area contributed by atoms with Gasteiger partial charge in [0.2, 0.25) is 0 Å². The van der Waals surface area contributed by atoms with E-state index in [1.54, 1.807) is 58.9 Å². The monoisotopic (exact) mass is 726 g/mol. The maximum Gasteiger partial charge on any atom is 0.395 e. The van der Waals surface area contributed by atoms with Gasteiger partial charge in [0.15, 0.2) is 0 Å². The van der Waals surface area contributed by atoms with Crippen LogP contribution in [0.3, 0.4) is 0 Å². The number of rotatable bonds is 9. The van der Waals surface area contributed by atoms with Crippen LogP contribution < -0.4 is 10.4 Å². The van der Waals surface area contributed by atoms with E-state index in [-0.39, 0.29) is 0 Å². The molecule has 0 aromatic heterocycles. The third-order valence-corrected chi connectivity index (χ3v) is 17.9. The minimum absolute atomic E-state index is 0.746. The number of hydrogen-bond acceptors (Lipinski definition) is 11. The standard InChI is InChI=1S/C14H18O3Si2.C5H14O3Si2.C4H14O3Si2.C2H8O2Si/c1-18(2,15)17-19(16,13-9-5-3-6-10-13)14-11-7-4-8-12-14;1-5-10(4,7)8-9(2,3)6;1-8(2,5)7-9(3,4)6;1-5(2,3)4/h3-12,15-16H,1-2H3;5-7H,1H2,2-4H3;5-6H,1-4H3;3-4H,1-2H3. The fraction of sp³-hybridized carbons (Fsp3) is 0.440. The molecule has 0 spiro atoms. The molecule has 0 heterocycles. The summed E-state index contributed by atoms with van der Waals surface area (Å²) in [4.78, 5) is 74.4. The molecule has 11 nitrogen and oxygen atoms in total. The van der Waals surface area contributed by atoms with Gasteiger partial charge in [-0.3, -0.25) is 0 Å². The Morgan fingerprint density at radius 3 is 0.884 bits per heavy atom. The van der Waals surface area contributed by atoms with Gasteiger partial charge in [-0.25, -0.2) is 0 Å². The van der Waals surface area contributed by atoms with E-state index in [9.17, 15) is 19.2 Å².